The van der Waals surface area contributed by atoms with Gasteiger partial charge in [-0.05, 0) is 23.1 Å². The van der Waals surface area contributed by atoms with Gasteiger partial charge in [0.2, 0.25) is 0 Å². The highest BCUT2D eigenvalue weighted by atomic mass is 16.5. The molecule has 3 rings (SSSR count). The number of carbonyl (C=O) groups excluding carboxylic acids is 1. The molecule has 1 aliphatic carbocycles. The van der Waals surface area contributed by atoms with Crippen LogP contribution in [0.25, 0.3) is 5.57 Å². The smallest absolute Gasteiger partial charge is 0.309 e. The molecule has 2 aromatic carbocycles. The Kier molecular flexibility index (Phi) is 3.87. The summed E-state index contributed by atoms with van der Waals surface area (Å²) >= 11 is 0. The summed E-state index contributed by atoms with van der Waals surface area (Å²) in [6, 6.07) is 20.4. The zero-order valence-electron chi connectivity index (χ0n) is 12.0. The molecule has 2 atom stereocenters. The Morgan fingerprint density at radius 2 is 1.62 bits per heavy atom. The summed E-state index contributed by atoms with van der Waals surface area (Å²) in [6.07, 6.45) is 2.95. The van der Waals surface area contributed by atoms with E-state index in [2.05, 4.69) is 30.3 Å². The van der Waals surface area contributed by atoms with Crippen LogP contribution < -0.4 is 0 Å². The molecule has 0 aliphatic heterocycles. The van der Waals surface area contributed by atoms with E-state index < -0.39 is 0 Å². The Morgan fingerprint density at radius 3 is 2.24 bits per heavy atom. The van der Waals surface area contributed by atoms with Crippen LogP contribution in [0, 0.1) is 5.92 Å². The van der Waals surface area contributed by atoms with Crippen molar-refractivity contribution in [1.29, 1.82) is 0 Å². The van der Waals surface area contributed by atoms with Gasteiger partial charge >= 0.3 is 5.97 Å². The van der Waals surface area contributed by atoms with E-state index in [1.165, 1.54) is 23.8 Å². The molecular weight excluding hydrogens is 260 g/mol. The van der Waals surface area contributed by atoms with Crippen LogP contribution in [0.5, 0.6) is 0 Å². The minimum atomic E-state index is -0.133. The molecule has 0 saturated heterocycles. The predicted octanol–water partition coefficient (Wildman–Crippen LogP) is 4.05. The molecule has 0 N–H and O–H groups in total. The lowest BCUT2D eigenvalue weighted by molar-refractivity contribution is -0.145. The number of allylic oxidation sites excluding steroid dienone is 2. The fraction of sp³-hybridized carbons (Fsp3) is 0.211. The van der Waals surface area contributed by atoms with E-state index in [1.807, 2.05) is 36.4 Å². The van der Waals surface area contributed by atoms with E-state index in [9.17, 15) is 4.79 Å². The molecule has 0 unspecified atom stereocenters. The molecule has 2 heteroatoms. The lowest BCUT2D eigenvalue weighted by atomic mass is 9.89. The van der Waals surface area contributed by atoms with E-state index in [4.69, 9.17) is 4.74 Å². The number of rotatable bonds is 3. The highest BCUT2D eigenvalue weighted by Crippen LogP contribution is 2.42. The monoisotopic (exact) mass is 278 g/mol. The number of hydrogen-bond donors (Lipinski definition) is 0. The molecule has 0 amide bonds. The van der Waals surface area contributed by atoms with Gasteiger partial charge in [-0.3, -0.25) is 4.79 Å². The zero-order valence-corrected chi connectivity index (χ0v) is 12.0. The fourth-order valence-electron chi connectivity index (χ4n) is 3.02. The maximum atomic E-state index is 12.1. The molecule has 0 spiro atoms. The molecule has 0 aromatic heterocycles. The first-order valence-electron chi connectivity index (χ1n) is 7.18. The Hall–Kier alpha value is -2.35. The van der Waals surface area contributed by atoms with E-state index in [0.717, 1.165) is 6.42 Å². The van der Waals surface area contributed by atoms with Crippen LogP contribution in [0.4, 0.5) is 0 Å². The third-order valence-corrected chi connectivity index (χ3v) is 4.09. The van der Waals surface area contributed by atoms with E-state index in [1.54, 1.807) is 0 Å². The number of esters is 1. The first-order chi connectivity index (χ1) is 10.3. The third kappa shape index (κ3) is 2.75. The molecule has 0 bridgehead atoms. The molecule has 0 fully saturated rings. The third-order valence-electron chi connectivity index (χ3n) is 4.09. The van der Waals surface area contributed by atoms with E-state index in [-0.39, 0.29) is 17.8 Å². The first kappa shape index (κ1) is 13.6. The van der Waals surface area contributed by atoms with Gasteiger partial charge in [0.05, 0.1) is 13.0 Å². The van der Waals surface area contributed by atoms with Crippen LogP contribution in [-0.2, 0) is 9.53 Å². The fourth-order valence-corrected chi connectivity index (χ4v) is 3.02. The molecule has 0 radical (unpaired) electrons. The van der Waals surface area contributed by atoms with Crippen LogP contribution in [0.3, 0.4) is 0 Å². The minimum Gasteiger partial charge on any atom is -0.469 e. The molecular formula is C19H18O2. The highest BCUT2D eigenvalue weighted by molar-refractivity contribution is 5.82. The summed E-state index contributed by atoms with van der Waals surface area (Å²) in [6.45, 7) is 0. The summed E-state index contributed by atoms with van der Waals surface area (Å²) in [5, 5.41) is 0. The van der Waals surface area contributed by atoms with Crippen molar-refractivity contribution in [3.05, 3.63) is 77.9 Å². The maximum absolute atomic E-state index is 12.1. The second-order valence-electron chi connectivity index (χ2n) is 5.33. The summed E-state index contributed by atoms with van der Waals surface area (Å²) in [7, 11) is 1.46. The van der Waals surface area contributed by atoms with Crippen molar-refractivity contribution in [2.45, 2.75) is 12.3 Å². The highest BCUT2D eigenvalue weighted by Gasteiger charge is 2.35. The van der Waals surface area contributed by atoms with Crippen molar-refractivity contribution < 1.29 is 9.53 Å². The maximum Gasteiger partial charge on any atom is 0.309 e. The quantitative estimate of drug-likeness (QED) is 0.792. The second kappa shape index (κ2) is 5.96. The van der Waals surface area contributed by atoms with Crippen molar-refractivity contribution in [2.24, 2.45) is 5.92 Å². The average molecular weight is 278 g/mol. The van der Waals surface area contributed by atoms with Crippen LogP contribution in [-0.4, -0.2) is 13.1 Å². The molecule has 1 aliphatic rings. The Labute approximate surface area is 125 Å². The van der Waals surface area contributed by atoms with Crippen molar-refractivity contribution in [3.8, 4) is 0 Å². The Morgan fingerprint density at radius 1 is 1.00 bits per heavy atom. The van der Waals surface area contributed by atoms with Gasteiger partial charge in [0.1, 0.15) is 0 Å². The predicted molar refractivity (Wildman–Crippen MR) is 83.7 cm³/mol. The largest absolute Gasteiger partial charge is 0.469 e. The number of benzene rings is 2. The van der Waals surface area contributed by atoms with Crippen molar-refractivity contribution in [3.63, 3.8) is 0 Å². The minimum absolute atomic E-state index is 0.0915. The van der Waals surface area contributed by atoms with Gasteiger partial charge in [-0.1, -0.05) is 66.7 Å². The van der Waals surface area contributed by atoms with Gasteiger partial charge in [-0.25, -0.2) is 0 Å². The second-order valence-corrected chi connectivity index (χ2v) is 5.33. The van der Waals surface area contributed by atoms with Gasteiger partial charge in [0.15, 0.2) is 0 Å². The van der Waals surface area contributed by atoms with Crippen molar-refractivity contribution in [2.75, 3.05) is 7.11 Å². The summed E-state index contributed by atoms with van der Waals surface area (Å²) in [5.74, 6) is -0.174. The lowest BCUT2D eigenvalue weighted by Gasteiger charge is -2.17. The summed E-state index contributed by atoms with van der Waals surface area (Å²) in [5.41, 5.74) is 3.57. The number of methoxy groups -OCH3 is 1. The van der Waals surface area contributed by atoms with Crippen molar-refractivity contribution >= 4 is 11.5 Å². The molecule has 2 aromatic rings. The van der Waals surface area contributed by atoms with Crippen LogP contribution in [0.2, 0.25) is 0 Å². The SMILES string of the molecule is COC(=O)[C@@H]1CC(c2ccccc2)=C[C@@H]1c1ccccc1. The topological polar surface area (TPSA) is 26.3 Å². The summed E-state index contributed by atoms with van der Waals surface area (Å²) in [4.78, 5) is 12.1. The van der Waals surface area contributed by atoms with E-state index in [0.29, 0.717) is 0 Å². The normalized spacial score (nSPS) is 20.9. The number of ether oxygens (including phenoxy) is 1. The molecule has 0 saturated carbocycles. The number of hydrogen-bond acceptors (Lipinski definition) is 2. The zero-order chi connectivity index (χ0) is 14.7. The lowest BCUT2D eigenvalue weighted by Crippen LogP contribution is -2.19. The van der Waals surface area contributed by atoms with Gasteiger partial charge in [-0.15, -0.1) is 0 Å². The van der Waals surface area contributed by atoms with Gasteiger partial charge in [-0.2, -0.15) is 0 Å². The van der Waals surface area contributed by atoms with Crippen LogP contribution in [0.1, 0.15) is 23.5 Å². The standard InChI is InChI=1S/C19H18O2/c1-21-19(20)18-13-16(14-8-4-2-5-9-14)12-17(18)15-10-6-3-7-11-15/h2-12,17-18H,13H2,1H3/t17-,18-/m1/s1. The first-order valence-corrected chi connectivity index (χ1v) is 7.18. The van der Waals surface area contributed by atoms with Gasteiger partial charge in [0.25, 0.3) is 0 Å². The molecule has 2 nitrogen and oxygen atoms in total. The number of carbonyl (C=O) groups is 1. The average Bonchev–Trinajstić information content (AvgIpc) is 3.01. The molecule has 0 heterocycles. The molecule has 21 heavy (non-hydrogen) atoms. The van der Waals surface area contributed by atoms with Crippen LogP contribution >= 0.6 is 0 Å². The van der Waals surface area contributed by atoms with Crippen molar-refractivity contribution in [1.82, 2.24) is 0 Å². The Balaban J connectivity index is 1.97. The Bertz CT molecular complexity index is 644. The van der Waals surface area contributed by atoms with E-state index >= 15 is 0 Å². The van der Waals surface area contributed by atoms with Gasteiger partial charge in [0, 0.05) is 5.92 Å². The molecule has 106 valence electrons. The summed E-state index contributed by atoms with van der Waals surface area (Å²) < 4.78 is 5.00. The van der Waals surface area contributed by atoms with Crippen LogP contribution in [0.15, 0.2) is 66.7 Å². The van der Waals surface area contributed by atoms with Gasteiger partial charge < -0.3 is 4.74 Å².